The number of aryl methyl sites for hydroxylation is 1. The Kier molecular flexibility index (Phi) is 6.43. The summed E-state index contributed by atoms with van der Waals surface area (Å²) >= 11 is 0. The lowest BCUT2D eigenvalue weighted by molar-refractivity contribution is 0.369. The Morgan fingerprint density at radius 2 is 2.18 bits per heavy atom. The largest absolute Gasteiger partial charge is 0.357 e. The number of hydrogen-bond donors (Lipinski definition) is 2. The van der Waals surface area contributed by atoms with Crippen LogP contribution in [0.1, 0.15) is 57.7 Å². The zero-order valence-electron chi connectivity index (χ0n) is 13.8. The van der Waals surface area contributed by atoms with E-state index in [1.807, 2.05) is 0 Å². The molecular formula is C16H27N5O. The first-order chi connectivity index (χ1) is 10.7. The average Bonchev–Trinajstić information content (AvgIpc) is 3.15. The normalized spacial score (nSPS) is 15.7. The van der Waals surface area contributed by atoms with Crippen LogP contribution in [0.4, 0.5) is 0 Å². The van der Waals surface area contributed by atoms with E-state index in [0.29, 0.717) is 17.9 Å². The Bertz CT molecular complexity index is 498. The van der Waals surface area contributed by atoms with E-state index in [1.54, 1.807) is 0 Å². The number of nitrogens with zero attached hydrogens (tertiary/aromatic N) is 3. The molecule has 6 nitrogen and oxygen atoms in total. The molecule has 122 valence electrons. The fourth-order valence-corrected chi connectivity index (χ4v) is 2.27. The topological polar surface area (TPSA) is 75.3 Å². The first kappa shape index (κ1) is 16.5. The third-order valence-corrected chi connectivity index (χ3v) is 3.51. The second-order valence-electron chi connectivity index (χ2n) is 5.85. The van der Waals surface area contributed by atoms with Crippen molar-refractivity contribution >= 4 is 5.96 Å². The van der Waals surface area contributed by atoms with Crippen molar-refractivity contribution in [2.75, 3.05) is 13.1 Å². The van der Waals surface area contributed by atoms with Crippen LogP contribution in [0.3, 0.4) is 0 Å². The molecule has 2 rings (SSSR count). The van der Waals surface area contributed by atoms with E-state index >= 15 is 0 Å². The van der Waals surface area contributed by atoms with Gasteiger partial charge in [-0.1, -0.05) is 31.2 Å². The number of guanidine groups is 1. The SMILES string of the molecule is CCNC(=NCCCc1nc(C(C)C)no1)NC1CC=CC1. The predicted molar refractivity (Wildman–Crippen MR) is 88.0 cm³/mol. The van der Waals surface area contributed by atoms with Crippen molar-refractivity contribution in [2.45, 2.75) is 58.4 Å². The van der Waals surface area contributed by atoms with Crippen molar-refractivity contribution in [3.8, 4) is 0 Å². The Hall–Kier alpha value is -1.85. The average molecular weight is 305 g/mol. The molecule has 1 aliphatic carbocycles. The number of aliphatic imine (C=N–C) groups is 1. The fourth-order valence-electron chi connectivity index (χ4n) is 2.27. The summed E-state index contributed by atoms with van der Waals surface area (Å²) < 4.78 is 5.24. The minimum Gasteiger partial charge on any atom is -0.357 e. The highest BCUT2D eigenvalue weighted by Crippen LogP contribution is 2.11. The van der Waals surface area contributed by atoms with E-state index in [2.05, 4.69) is 58.7 Å². The van der Waals surface area contributed by atoms with E-state index in [1.165, 1.54) is 0 Å². The van der Waals surface area contributed by atoms with Crippen LogP contribution >= 0.6 is 0 Å². The molecule has 0 amide bonds. The molecule has 0 bridgehead atoms. The van der Waals surface area contributed by atoms with Gasteiger partial charge in [-0.05, 0) is 26.2 Å². The highest BCUT2D eigenvalue weighted by Gasteiger charge is 2.12. The first-order valence-corrected chi connectivity index (χ1v) is 8.21. The van der Waals surface area contributed by atoms with Crippen LogP contribution in [0.5, 0.6) is 0 Å². The maximum absolute atomic E-state index is 5.24. The molecule has 1 heterocycles. The minimum absolute atomic E-state index is 0.306. The first-order valence-electron chi connectivity index (χ1n) is 8.21. The molecule has 0 saturated carbocycles. The molecule has 6 heteroatoms. The molecule has 1 aliphatic rings. The highest BCUT2D eigenvalue weighted by atomic mass is 16.5. The minimum atomic E-state index is 0.306. The lowest BCUT2D eigenvalue weighted by atomic mass is 10.2. The third kappa shape index (κ3) is 5.16. The molecular weight excluding hydrogens is 278 g/mol. The molecule has 0 radical (unpaired) electrons. The van der Waals surface area contributed by atoms with E-state index in [-0.39, 0.29) is 0 Å². The summed E-state index contributed by atoms with van der Waals surface area (Å²) in [6.45, 7) is 7.81. The number of nitrogens with one attached hydrogen (secondary N) is 2. The van der Waals surface area contributed by atoms with Crippen LogP contribution in [-0.4, -0.2) is 35.2 Å². The molecule has 0 aliphatic heterocycles. The Morgan fingerprint density at radius 3 is 2.82 bits per heavy atom. The van der Waals surface area contributed by atoms with Crippen LogP contribution in [0.15, 0.2) is 21.7 Å². The number of aromatic nitrogens is 2. The summed E-state index contributed by atoms with van der Waals surface area (Å²) in [7, 11) is 0. The lowest BCUT2D eigenvalue weighted by Crippen LogP contribution is -2.42. The molecule has 2 N–H and O–H groups in total. The van der Waals surface area contributed by atoms with Crippen LogP contribution in [-0.2, 0) is 6.42 Å². The van der Waals surface area contributed by atoms with Crippen molar-refractivity contribution in [1.82, 2.24) is 20.8 Å². The molecule has 0 unspecified atom stereocenters. The molecule has 0 aromatic carbocycles. The summed E-state index contributed by atoms with van der Waals surface area (Å²) in [6.07, 6.45) is 8.24. The quantitative estimate of drug-likeness (QED) is 0.350. The molecule has 0 saturated heterocycles. The van der Waals surface area contributed by atoms with Crippen LogP contribution in [0.25, 0.3) is 0 Å². The van der Waals surface area contributed by atoms with Crippen LogP contribution < -0.4 is 10.6 Å². The van der Waals surface area contributed by atoms with Gasteiger partial charge >= 0.3 is 0 Å². The second kappa shape index (κ2) is 8.56. The van der Waals surface area contributed by atoms with Crippen molar-refractivity contribution in [2.24, 2.45) is 4.99 Å². The van der Waals surface area contributed by atoms with Gasteiger partial charge in [-0.3, -0.25) is 4.99 Å². The highest BCUT2D eigenvalue weighted by molar-refractivity contribution is 5.80. The molecule has 0 atom stereocenters. The van der Waals surface area contributed by atoms with Gasteiger partial charge < -0.3 is 15.2 Å². The molecule has 0 fully saturated rings. The summed E-state index contributed by atoms with van der Waals surface area (Å²) in [5, 5.41) is 10.7. The van der Waals surface area contributed by atoms with Gasteiger partial charge in [0.2, 0.25) is 5.89 Å². The van der Waals surface area contributed by atoms with Gasteiger partial charge in [0.05, 0.1) is 0 Å². The summed E-state index contributed by atoms with van der Waals surface area (Å²) in [5.74, 6) is 2.68. The molecule has 22 heavy (non-hydrogen) atoms. The second-order valence-corrected chi connectivity index (χ2v) is 5.85. The number of hydrogen-bond acceptors (Lipinski definition) is 4. The fraction of sp³-hybridized carbons (Fsp3) is 0.688. The van der Waals surface area contributed by atoms with Crippen molar-refractivity contribution in [3.63, 3.8) is 0 Å². The smallest absolute Gasteiger partial charge is 0.226 e. The van der Waals surface area contributed by atoms with Gasteiger partial charge in [-0.25, -0.2) is 0 Å². The monoisotopic (exact) mass is 305 g/mol. The maximum atomic E-state index is 5.24. The van der Waals surface area contributed by atoms with Gasteiger partial charge in [-0.15, -0.1) is 0 Å². The zero-order chi connectivity index (χ0) is 15.8. The van der Waals surface area contributed by atoms with Crippen molar-refractivity contribution < 1.29 is 4.52 Å². The van der Waals surface area contributed by atoms with Crippen LogP contribution in [0, 0.1) is 0 Å². The van der Waals surface area contributed by atoms with Gasteiger partial charge in [-0.2, -0.15) is 4.98 Å². The Labute approximate surface area is 132 Å². The van der Waals surface area contributed by atoms with Gasteiger partial charge in [0.15, 0.2) is 11.8 Å². The molecule has 1 aromatic heterocycles. The standard InChI is InChI=1S/C16H27N5O/c1-4-17-16(19-13-8-5-6-9-13)18-11-7-10-14-20-15(12(2)3)21-22-14/h5-6,12-13H,4,7-11H2,1-3H3,(H2,17,18,19). The molecule has 1 aromatic rings. The van der Waals surface area contributed by atoms with E-state index < -0.39 is 0 Å². The van der Waals surface area contributed by atoms with E-state index in [0.717, 1.165) is 50.6 Å². The van der Waals surface area contributed by atoms with Crippen LogP contribution in [0.2, 0.25) is 0 Å². The summed E-state index contributed by atoms with van der Waals surface area (Å²) in [6, 6.07) is 0.474. The maximum Gasteiger partial charge on any atom is 0.226 e. The third-order valence-electron chi connectivity index (χ3n) is 3.51. The van der Waals surface area contributed by atoms with Gasteiger partial charge in [0.25, 0.3) is 0 Å². The summed E-state index contributed by atoms with van der Waals surface area (Å²) in [4.78, 5) is 8.99. The van der Waals surface area contributed by atoms with Crippen molar-refractivity contribution in [3.05, 3.63) is 23.9 Å². The Balaban J connectivity index is 1.75. The van der Waals surface area contributed by atoms with E-state index in [9.17, 15) is 0 Å². The van der Waals surface area contributed by atoms with Gasteiger partial charge in [0.1, 0.15) is 0 Å². The lowest BCUT2D eigenvalue weighted by Gasteiger charge is -2.16. The van der Waals surface area contributed by atoms with Gasteiger partial charge in [0, 0.05) is 31.5 Å². The van der Waals surface area contributed by atoms with E-state index in [4.69, 9.17) is 4.52 Å². The predicted octanol–water partition coefficient (Wildman–Crippen LogP) is 2.40. The van der Waals surface area contributed by atoms with Crippen molar-refractivity contribution in [1.29, 1.82) is 0 Å². The zero-order valence-corrected chi connectivity index (χ0v) is 13.8. The summed E-state index contributed by atoms with van der Waals surface area (Å²) in [5.41, 5.74) is 0. The Morgan fingerprint density at radius 1 is 1.41 bits per heavy atom. The number of rotatable bonds is 7. The molecule has 0 spiro atoms.